The van der Waals surface area contributed by atoms with Crippen LogP contribution in [0, 0.1) is 11.3 Å². The third-order valence-corrected chi connectivity index (χ3v) is 2.59. The first kappa shape index (κ1) is 11.0. The Bertz CT molecular complexity index is 741. The van der Waals surface area contributed by atoms with Crippen molar-refractivity contribution in [2.45, 2.75) is 0 Å². The van der Waals surface area contributed by atoms with E-state index in [1.165, 1.54) is 0 Å². The molecule has 0 saturated carbocycles. The molecule has 0 atom stereocenters. The molecule has 3 aromatic rings. The molecule has 0 aliphatic rings. The first-order valence-electron chi connectivity index (χ1n) is 5.57. The predicted octanol–water partition coefficient (Wildman–Crippen LogP) is 1.80. The number of H-pyrrole nitrogens is 1. The fourth-order valence-electron chi connectivity index (χ4n) is 1.70. The number of nitrogens with zero attached hydrogens (tertiary/aromatic N) is 5. The molecule has 0 aliphatic heterocycles. The topological polar surface area (TPSA) is 91.1 Å². The lowest BCUT2D eigenvalue weighted by Crippen LogP contribution is -1.89. The molecule has 90 valence electrons. The SMILES string of the molecule is N#Cc1ncccc1-c1nc(-c2ccncc2)n[nH]1. The molecule has 0 aliphatic carbocycles. The second kappa shape index (κ2) is 4.66. The Balaban J connectivity index is 2.05. The van der Waals surface area contributed by atoms with Crippen LogP contribution in [0.2, 0.25) is 0 Å². The number of hydrogen-bond donors (Lipinski definition) is 1. The highest BCUT2D eigenvalue weighted by Gasteiger charge is 2.11. The van der Waals surface area contributed by atoms with Gasteiger partial charge < -0.3 is 0 Å². The maximum atomic E-state index is 9.02. The maximum absolute atomic E-state index is 9.02. The van der Waals surface area contributed by atoms with Gasteiger partial charge in [0.1, 0.15) is 6.07 Å². The lowest BCUT2D eigenvalue weighted by atomic mass is 10.2. The van der Waals surface area contributed by atoms with E-state index in [0.29, 0.717) is 22.9 Å². The van der Waals surface area contributed by atoms with E-state index >= 15 is 0 Å². The molecular weight excluding hydrogens is 240 g/mol. The highest BCUT2D eigenvalue weighted by Crippen LogP contribution is 2.20. The standard InChI is InChI=1S/C13H8N6/c14-8-11-10(2-1-5-16-11)13-17-12(18-19-13)9-3-6-15-7-4-9/h1-7H,(H,17,18,19). The highest BCUT2D eigenvalue weighted by molar-refractivity contribution is 5.64. The van der Waals surface area contributed by atoms with Crippen molar-refractivity contribution in [3.8, 4) is 28.8 Å². The van der Waals surface area contributed by atoms with Crippen molar-refractivity contribution in [3.05, 3.63) is 48.5 Å². The molecule has 0 amide bonds. The molecule has 0 saturated heterocycles. The summed E-state index contributed by atoms with van der Waals surface area (Å²) < 4.78 is 0. The van der Waals surface area contributed by atoms with Gasteiger partial charge in [0.2, 0.25) is 0 Å². The summed E-state index contributed by atoms with van der Waals surface area (Å²) in [6.07, 6.45) is 4.93. The van der Waals surface area contributed by atoms with Crippen molar-refractivity contribution in [3.63, 3.8) is 0 Å². The van der Waals surface area contributed by atoms with E-state index in [2.05, 4.69) is 25.1 Å². The van der Waals surface area contributed by atoms with Gasteiger partial charge in [0.15, 0.2) is 17.3 Å². The summed E-state index contributed by atoms with van der Waals surface area (Å²) in [5, 5.41) is 16.0. The molecule has 6 nitrogen and oxygen atoms in total. The lowest BCUT2D eigenvalue weighted by Gasteiger charge is -1.96. The van der Waals surface area contributed by atoms with Gasteiger partial charge in [-0.3, -0.25) is 10.1 Å². The molecule has 0 radical (unpaired) electrons. The summed E-state index contributed by atoms with van der Waals surface area (Å²) in [5.41, 5.74) is 1.82. The highest BCUT2D eigenvalue weighted by atomic mass is 15.2. The number of aromatic nitrogens is 5. The molecule has 3 rings (SSSR count). The summed E-state index contributed by atoms with van der Waals surface area (Å²) in [7, 11) is 0. The van der Waals surface area contributed by atoms with Gasteiger partial charge in [-0.1, -0.05) is 0 Å². The molecule has 3 heterocycles. The molecule has 0 bridgehead atoms. The minimum atomic E-state index is 0.319. The van der Waals surface area contributed by atoms with E-state index in [9.17, 15) is 0 Å². The number of nitrogens with one attached hydrogen (secondary N) is 1. The van der Waals surface area contributed by atoms with E-state index < -0.39 is 0 Å². The van der Waals surface area contributed by atoms with Crippen molar-refractivity contribution in [1.29, 1.82) is 5.26 Å². The zero-order chi connectivity index (χ0) is 13.1. The number of rotatable bonds is 2. The molecule has 3 aromatic heterocycles. The number of nitriles is 1. The Kier molecular flexibility index (Phi) is 2.71. The first-order chi connectivity index (χ1) is 9.38. The zero-order valence-corrected chi connectivity index (χ0v) is 9.78. The number of hydrogen-bond acceptors (Lipinski definition) is 5. The van der Waals surface area contributed by atoms with E-state index in [0.717, 1.165) is 5.56 Å². The average molecular weight is 248 g/mol. The molecule has 0 spiro atoms. The Morgan fingerprint density at radius 1 is 1.11 bits per heavy atom. The first-order valence-corrected chi connectivity index (χ1v) is 5.57. The molecule has 0 fully saturated rings. The Hall–Kier alpha value is -3.07. The van der Waals surface area contributed by atoms with Crippen LogP contribution in [0.3, 0.4) is 0 Å². The smallest absolute Gasteiger partial charge is 0.181 e. The van der Waals surface area contributed by atoms with Crippen molar-refractivity contribution in [1.82, 2.24) is 25.1 Å². The molecule has 0 unspecified atom stereocenters. The Morgan fingerprint density at radius 3 is 2.74 bits per heavy atom. The van der Waals surface area contributed by atoms with Gasteiger partial charge in [-0.15, -0.1) is 0 Å². The second-order valence-electron chi connectivity index (χ2n) is 3.75. The van der Waals surface area contributed by atoms with Gasteiger partial charge in [-0.2, -0.15) is 10.4 Å². The van der Waals surface area contributed by atoms with Crippen LogP contribution in [0.15, 0.2) is 42.9 Å². The number of pyridine rings is 2. The van der Waals surface area contributed by atoms with Crippen LogP contribution in [-0.4, -0.2) is 25.1 Å². The summed E-state index contributed by atoms with van der Waals surface area (Å²) in [5.74, 6) is 1.08. The van der Waals surface area contributed by atoms with Gasteiger partial charge in [-0.05, 0) is 24.3 Å². The zero-order valence-electron chi connectivity index (χ0n) is 9.78. The van der Waals surface area contributed by atoms with Crippen molar-refractivity contribution < 1.29 is 0 Å². The Morgan fingerprint density at radius 2 is 1.95 bits per heavy atom. The molecule has 19 heavy (non-hydrogen) atoms. The fourth-order valence-corrected chi connectivity index (χ4v) is 1.70. The largest absolute Gasteiger partial charge is 0.265 e. The number of aromatic amines is 1. The monoisotopic (exact) mass is 248 g/mol. The van der Waals surface area contributed by atoms with E-state index in [1.807, 2.05) is 18.2 Å². The predicted molar refractivity (Wildman–Crippen MR) is 67.6 cm³/mol. The fraction of sp³-hybridized carbons (Fsp3) is 0. The van der Waals surface area contributed by atoms with Gasteiger partial charge in [-0.25, -0.2) is 9.97 Å². The van der Waals surface area contributed by atoms with Gasteiger partial charge in [0, 0.05) is 24.2 Å². The molecule has 1 N–H and O–H groups in total. The minimum absolute atomic E-state index is 0.319. The van der Waals surface area contributed by atoms with Gasteiger partial charge >= 0.3 is 0 Å². The second-order valence-corrected chi connectivity index (χ2v) is 3.75. The minimum Gasteiger partial charge on any atom is -0.265 e. The molecular formula is C13H8N6. The van der Waals surface area contributed by atoms with E-state index in [-0.39, 0.29) is 0 Å². The summed E-state index contributed by atoms with van der Waals surface area (Å²) in [4.78, 5) is 12.3. The van der Waals surface area contributed by atoms with Crippen molar-refractivity contribution in [2.75, 3.05) is 0 Å². The lowest BCUT2D eigenvalue weighted by molar-refractivity contribution is 1.09. The van der Waals surface area contributed by atoms with Crippen molar-refractivity contribution in [2.24, 2.45) is 0 Å². The third kappa shape index (κ3) is 2.05. The molecule has 0 aromatic carbocycles. The van der Waals surface area contributed by atoms with Crippen LogP contribution in [0.1, 0.15) is 5.69 Å². The van der Waals surface area contributed by atoms with Crippen LogP contribution >= 0.6 is 0 Å². The van der Waals surface area contributed by atoms with Crippen LogP contribution in [-0.2, 0) is 0 Å². The summed E-state index contributed by atoms with van der Waals surface area (Å²) in [6, 6.07) is 9.21. The maximum Gasteiger partial charge on any atom is 0.181 e. The van der Waals surface area contributed by atoms with Crippen LogP contribution in [0.25, 0.3) is 22.8 Å². The summed E-state index contributed by atoms with van der Waals surface area (Å²) >= 11 is 0. The normalized spacial score (nSPS) is 10.1. The van der Waals surface area contributed by atoms with Gasteiger partial charge in [0.05, 0.1) is 5.56 Å². The van der Waals surface area contributed by atoms with Crippen LogP contribution in [0.4, 0.5) is 0 Å². The van der Waals surface area contributed by atoms with Gasteiger partial charge in [0.25, 0.3) is 0 Å². The average Bonchev–Trinajstić information content (AvgIpc) is 2.98. The third-order valence-electron chi connectivity index (χ3n) is 2.59. The van der Waals surface area contributed by atoms with E-state index in [4.69, 9.17) is 5.26 Å². The van der Waals surface area contributed by atoms with Crippen LogP contribution in [0.5, 0.6) is 0 Å². The van der Waals surface area contributed by atoms with E-state index in [1.54, 1.807) is 30.7 Å². The molecule has 6 heteroatoms. The van der Waals surface area contributed by atoms with Crippen molar-refractivity contribution >= 4 is 0 Å². The Labute approximate surface area is 108 Å². The summed E-state index contributed by atoms with van der Waals surface area (Å²) in [6.45, 7) is 0. The van der Waals surface area contributed by atoms with Crippen LogP contribution < -0.4 is 0 Å². The quantitative estimate of drug-likeness (QED) is 0.746.